The highest BCUT2D eigenvalue weighted by molar-refractivity contribution is 7.92. The molecule has 0 heterocycles. The Labute approximate surface area is 161 Å². The van der Waals surface area contributed by atoms with Gasteiger partial charge in [0.25, 0.3) is 0 Å². The van der Waals surface area contributed by atoms with Crippen LogP contribution in [0.1, 0.15) is 18.9 Å². The number of hydrogen-bond donors (Lipinski definition) is 1. The number of anilines is 1. The molecule has 2 rings (SSSR count). The van der Waals surface area contributed by atoms with Gasteiger partial charge in [0.1, 0.15) is 18.4 Å². The van der Waals surface area contributed by atoms with Gasteiger partial charge in [0, 0.05) is 0 Å². The van der Waals surface area contributed by atoms with Crippen LogP contribution in [0.2, 0.25) is 0 Å². The molecule has 0 saturated heterocycles. The zero-order valence-electron chi connectivity index (χ0n) is 15.9. The summed E-state index contributed by atoms with van der Waals surface area (Å²) in [7, 11) is -3.61. The molecule has 146 valence electrons. The Morgan fingerprint density at radius 1 is 1.15 bits per heavy atom. The predicted octanol–water partition coefficient (Wildman–Crippen LogP) is 2.73. The van der Waals surface area contributed by atoms with Crippen LogP contribution in [-0.4, -0.2) is 39.8 Å². The third-order valence-electron chi connectivity index (χ3n) is 4.00. The normalized spacial score (nSPS) is 12.3. The Morgan fingerprint density at radius 3 is 2.44 bits per heavy atom. The van der Waals surface area contributed by atoms with E-state index in [1.807, 2.05) is 31.2 Å². The first-order valence-electron chi connectivity index (χ1n) is 8.84. The number of nitrogens with zero attached hydrogens (tertiary/aromatic N) is 1. The number of amides is 1. The average molecular weight is 391 g/mol. The van der Waals surface area contributed by atoms with E-state index in [-0.39, 0.29) is 12.5 Å². The number of carbonyl (C=O) groups is 1. The highest BCUT2D eigenvalue weighted by Crippen LogP contribution is 2.22. The van der Waals surface area contributed by atoms with Gasteiger partial charge in [-0.25, -0.2) is 8.42 Å². The maximum atomic E-state index is 12.6. The summed E-state index contributed by atoms with van der Waals surface area (Å²) in [5.74, 6) is 0.387. The number of carbonyl (C=O) groups excluding carboxylic acids is 1. The average Bonchev–Trinajstić information content (AvgIpc) is 2.62. The molecule has 6 nitrogen and oxygen atoms in total. The van der Waals surface area contributed by atoms with Gasteiger partial charge in [0.15, 0.2) is 0 Å². The molecular formula is C20H26N2O4S. The van der Waals surface area contributed by atoms with E-state index in [0.29, 0.717) is 18.7 Å². The van der Waals surface area contributed by atoms with Crippen LogP contribution in [0.25, 0.3) is 0 Å². The summed E-state index contributed by atoms with van der Waals surface area (Å²) in [5, 5.41) is 2.77. The molecule has 0 aromatic heterocycles. The van der Waals surface area contributed by atoms with Crippen molar-refractivity contribution in [2.24, 2.45) is 0 Å². The van der Waals surface area contributed by atoms with E-state index in [9.17, 15) is 13.2 Å². The third-order valence-corrected chi connectivity index (χ3v) is 5.18. The first kappa shape index (κ1) is 20.8. The second-order valence-corrected chi connectivity index (χ2v) is 8.13. The molecule has 0 fully saturated rings. The lowest BCUT2D eigenvalue weighted by molar-refractivity contribution is -0.122. The van der Waals surface area contributed by atoms with E-state index in [1.165, 1.54) is 4.31 Å². The molecule has 0 aliphatic heterocycles. The van der Waals surface area contributed by atoms with Gasteiger partial charge in [0.2, 0.25) is 15.9 Å². The van der Waals surface area contributed by atoms with E-state index >= 15 is 0 Å². The first-order chi connectivity index (χ1) is 12.8. The van der Waals surface area contributed by atoms with Gasteiger partial charge < -0.3 is 10.1 Å². The molecule has 1 unspecified atom stereocenters. The molecule has 0 radical (unpaired) electrons. The topological polar surface area (TPSA) is 75.7 Å². The lowest BCUT2D eigenvalue weighted by Gasteiger charge is -2.30. The van der Waals surface area contributed by atoms with Crippen LogP contribution in [0, 0.1) is 6.92 Å². The van der Waals surface area contributed by atoms with E-state index < -0.39 is 16.1 Å². The lowest BCUT2D eigenvalue weighted by Crippen LogP contribution is -2.49. The molecule has 0 spiro atoms. The van der Waals surface area contributed by atoms with Crippen molar-refractivity contribution in [3.8, 4) is 5.75 Å². The number of aryl methyl sites for hydroxylation is 1. The minimum Gasteiger partial charge on any atom is -0.492 e. The maximum absolute atomic E-state index is 12.6. The number of ether oxygens (including phenoxy) is 1. The molecule has 1 N–H and O–H groups in total. The van der Waals surface area contributed by atoms with Gasteiger partial charge in [-0.15, -0.1) is 0 Å². The Morgan fingerprint density at radius 2 is 1.85 bits per heavy atom. The smallest absolute Gasteiger partial charge is 0.244 e. The van der Waals surface area contributed by atoms with Crippen LogP contribution in [-0.2, 0) is 14.8 Å². The van der Waals surface area contributed by atoms with Crippen molar-refractivity contribution in [3.05, 3.63) is 60.2 Å². The Bertz CT molecular complexity index is 853. The van der Waals surface area contributed by atoms with E-state index in [2.05, 4.69) is 5.32 Å². The van der Waals surface area contributed by atoms with Crippen LogP contribution in [0.15, 0.2) is 54.6 Å². The quantitative estimate of drug-likeness (QED) is 0.668. The van der Waals surface area contributed by atoms with Crippen LogP contribution < -0.4 is 14.4 Å². The highest BCUT2D eigenvalue weighted by Gasteiger charge is 2.31. The summed E-state index contributed by atoms with van der Waals surface area (Å²) in [6.07, 6.45) is 1.46. The van der Waals surface area contributed by atoms with Gasteiger partial charge in [-0.05, 0) is 43.2 Å². The molecule has 1 amide bonds. The van der Waals surface area contributed by atoms with Crippen molar-refractivity contribution in [3.63, 3.8) is 0 Å². The van der Waals surface area contributed by atoms with Crippen molar-refractivity contribution in [2.45, 2.75) is 26.3 Å². The molecule has 2 aromatic carbocycles. The summed E-state index contributed by atoms with van der Waals surface area (Å²) in [4.78, 5) is 12.6. The van der Waals surface area contributed by atoms with Crippen molar-refractivity contribution in [1.82, 2.24) is 5.32 Å². The molecule has 7 heteroatoms. The fraction of sp³-hybridized carbons (Fsp3) is 0.350. The minimum atomic E-state index is -3.61. The van der Waals surface area contributed by atoms with Crippen molar-refractivity contribution >= 4 is 21.6 Å². The van der Waals surface area contributed by atoms with Gasteiger partial charge in [0.05, 0.1) is 18.5 Å². The van der Waals surface area contributed by atoms with E-state index in [4.69, 9.17) is 4.74 Å². The Hall–Kier alpha value is -2.54. The molecule has 2 aromatic rings. The SMILES string of the molecule is CCC(C(=O)NCCOc1cccc(C)c1)N(c1ccccc1)S(C)(=O)=O. The molecule has 0 saturated carbocycles. The second-order valence-electron chi connectivity index (χ2n) is 6.27. The maximum Gasteiger partial charge on any atom is 0.244 e. The molecular weight excluding hydrogens is 364 g/mol. The second kappa shape index (κ2) is 9.41. The standard InChI is InChI=1S/C20H26N2O4S/c1-4-19(22(27(3,24)25)17-10-6-5-7-11-17)20(23)21-13-14-26-18-12-8-9-16(2)15-18/h5-12,15,19H,4,13-14H2,1-3H3,(H,21,23). The zero-order chi connectivity index (χ0) is 19.9. The summed E-state index contributed by atoms with van der Waals surface area (Å²) >= 11 is 0. The number of hydrogen-bond acceptors (Lipinski definition) is 4. The van der Waals surface area contributed by atoms with E-state index in [0.717, 1.165) is 17.6 Å². The van der Waals surface area contributed by atoms with Crippen molar-refractivity contribution in [2.75, 3.05) is 23.7 Å². The predicted molar refractivity (Wildman–Crippen MR) is 108 cm³/mol. The van der Waals surface area contributed by atoms with Gasteiger partial charge in [-0.1, -0.05) is 37.3 Å². The Kier molecular flexibility index (Phi) is 7.24. The van der Waals surface area contributed by atoms with Gasteiger partial charge >= 0.3 is 0 Å². The summed E-state index contributed by atoms with van der Waals surface area (Å²) < 4.78 is 31.4. The summed E-state index contributed by atoms with van der Waals surface area (Å²) in [6, 6.07) is 15.5. The number of rotatable bonds is 9. The number of sulfonamides is 1. The minimum absolute atomic E-state index is 0.287. The molecule has 0 bridgehead atoms. The van der Waals surface area contributed by atoms with Crippen LogP contribution in [0.3, 0.4) is 0 Å². The largest absolute Gasteiger partial charge is 0.492 e. The van der Waals surface area contributed by atoms with Gasteiger partial charge in [-0.3, -0.25) is 9.10 Å². The van der Waals surface area contributed by atoms with Crippen LogP contribution >= 0.6 is 0 Å². The third kappa shape index (κ3) is 5.99. The molecule has 0 aliphatic rings. The highest BCUT2D eigenvalue weighted by atomic mass is 32.2. The molecule has 27 heavy (non-hydrogen) atoms. The van der Waals surface area contributed by atoms with Gasteiger partial charge in [-0.2, -0.15) is 0 Å². The lowest BCUT2D eigenvalue weighted by atomic mass is 10.2. The number of para-hydroxylation sites is 1. The summed E-state index contributed by atoms with van der Waals surface area (Å²) in [5.41, 5.74) is 1.56. The van der Waals surface area contributed by atoms with E-state index in [1.54, 1.807) is 37.3 Å². The first-order valence-corrected chi connectivity index (χ1v) is 10.7. The van der Waals surface area contributed by atoms with Crippen LogP contribution in [0.5, 0.6) is 5.75 Å². The monoisotopic (exact) mass is 390 g/mol. The van der Waals surface area contributed by atoms with Crippen molar-refractivity contribution < 1.29 is 17.9 Å². The fourth-order valence-corrected chi connectivity index (χ4v) is 4.01. The molecule has 1 atom stereocenters. The number of nitrogens with one attached hydrogen (secondary N) is 1. The van der Waals surface area contributed by atoms with Crippen molar-refractivity contribution in [1.29, 1.82) is 0 Å². The number of benzene rings is 2. The Balaban J connectivity index is 2.01. The fourth-order valence-electron chi connectivity index (χ4n) is 2.80. The van der Waals surface area contributed by atoms with Crippen LogP contribution in [0.4, 0.5) is 5.69 Å². The zero-order valence-corrected chi connectivity index (χ0v) is 16.7. The molecule has 0 aliphatic carbocycles. The summed E-state index contributed by atoms with van der Waals surface area (Å²) in [6.45, 7) is 4.35.